The summed E-state index contributed by atoms with van der Waals surface area (Å²) in [6.07, 6.45) is 8.12. The van der Waals surface area contributed by atoms with Crippen molar-refractivity contribution in [2.45, 2.75) is 72.8 Å². The van der Waals surface area contributed by atoms with E-state index < -0.39 is 8.07 Å². The van der Waals surface area contributed by atoms with Crippen LogP contribution >= 0.6 is 0 Å². The van der Waals surface area contributed by atoms with Gasteiger partial charge in [-0.1, -0.05) is 49.4 Å². The summed E-state index contributed by atoms with van der Waals surface area (Å²) in [7, 11) is -1.08. The maximum absolute atomic E-state index is 11.6. The van der Waals surface area contributed by atoms with Crippen LogP contribution in [0.25, 0.3) is 0 Å². The number of allylic oxidation sites excluding steroid dienone is 3. The number of hydrogen-bond acceptors (Lipinski definition) is 3. The minimum atomic E-state index is -1.08. The molecule has 0 saturated heterocycles. The van der Waals surface area contributed by atoms with Crippen molar-refractivity contribution in [2.75, 3.05) is 13.4 Å². The quantitative estimate of drug-likeness (QED) is 0.104. The summed E-state index contributed by atoms with van der Waals surface area (Å²) >= 11 is 0. The number of hydrogen-bond donors (Lipinski definition) is 1. The lowest BCUT2D eigenvalue weighted by molar-refractivity contribution is -0.115. The van der Waals surface area contributed by atoms with Crippen LogP contribution in [0.2, 0.25) is 25.7 Å². The summed E-state index contributed by atoms with van der Waals surface area (Å²) in [5, 5.41) is 2.74. The van der Waals surface area contributed by atoms with Gasteiger partial charge in [-0.25, -0.2) is 0 Å². The number of carbonyl (C=O) groups excluding carboxylic acids is 1. The lowest BCUT2D eigenvalue weighted by Gasteiger charge is -2.23. The Labute approximate surface area is 173 Å². The Hall–Kier alpha value is -1.43. The second-order valence-electron chi connectivity index (χ2n) is 9.04. The molecule has 0 aliphatic heterocycles. The molecule has 0 aromatic carbocycles. The van der Waals surface area contributed by atoms with E-state index in [2.05, 4.69) is 44.5 Å². The summed E-state index contributed by atoms with van der Waals surface area (Å²) in [5.74, 6) is 0.0893. The lowest BCUT2D eigenvalue weighted by Crippen LogP contribution is -2.25. The van der Waals surface area contributed by atoms with Crippen molar-refractivity contribution >= 4 is 14.0 Å². The van der Waals surface area contributed by atoms with E-state index in [9.17, 15) is 4.79 Å². The largest absolute Gasteiger partial charge is 0.356 e. The SMILES string of the molecule is C=C(C)C[C@@H](OCOCC[Si](C)(C)C)[C@H](C)C=C(C)C=CNC(=O)C=C(C)C. The van der Waals surface area contributed by atoms with Crippen molar-refractivity contribution in [2.24, 2.45) is 5.92 Å². The van der Waals surface area contributed by atoms with Crippen LogP contribution in [0.1, 0.15) is 41.0 Å². The zero-order valence-electron chi connectivity index (χ0n) is 19.2. The number of amides is 1. The van der Waals surface area contributed by atoms with Gasteiger partial charge < -0.3 is 14.8 Å². The highest BCUT2D eigenvalue weighted by Gasteiger charge is 2.17. The summed E-state index contributed by atoms with van der Waals surface area (Å²) in [6, 6.07) is 1.14. The van der Waals surface area contributed by atoms with Crippen LogP contribution in [-0.2, 0) is 14.3 Å². The molecule has 28 heavy (non-hydrogen) atoms. The fourth-order valence-electron chi connectivity index (χ4n) is 2.45. The van der Waals surface area contributed by atoms with Gasteiger partial charge in [-0.2, -0.15) is 0 Å². The maximum Gasteiger partial charge on any atom is 0.247 e. The predicted octanol–water partition coefficient (Wildman–Crippen LogP) is 5.83. The van der Waals surface area contributed by atoms with Gasteiger partial charge in [-0.15, -0.1) is 6.58 Å². The molecule has 0 aromatic heterocycles. The average Bonchev–Trinajstić information content (AvgIpc) is 2.51. The third-order valence-electron chi connectivity index (χ3n) is 4.02. The molecule has 5 heteroatoms. The molecule has 1 N–H and O–H groups in total. The zero-order chi connectivity index (χ0) is 21.7. The normalized spacial score (nSPS) is 14.6. The highest BCUT2D eigenvalue weighted by molar-refractivity contribution is 6.76. The summed E-state index contributed by atoms with van der Waals surface area (Å²) in [5.41, 5.74) is 3.13. The fraction of sp³-hybridized carbons (Fsp3) is 0.609. The van der Waals surface area contributed by atoms with Gasteiger partial charge >= 0.3 is 0 Å². The molecule has 0 aromatic rings. The molecule has 0 aliphatic carbocycles. The number of nitrogens with one attached hydrogen (secondary N) is 1. The number of rotatable bonds is 13. The van der Waals surface area contributed by atoms with Gasteiger partial charge in [0.2, 0.25) is 5.91 Å². The third-order valence-corrected chi connectivity index (χ3v) is 5.72. The summed E-state index contributed by atoms with van der Waals surface area (Å²) < 4.78 is 11.7. The molecule has 0 bridgehead atoms. The van der Waals surface area contributed by atoms with Crippen LogP contribution in [0.5, 0.6) is 0 Å². The number of ether oxygens (including phenoxy) is 2. The van der Waals surface area contributed by atoms with E-state index in [0.717, 1.165) is 35.8 Å². The Morgan fingerprint density at radius 3 is 2.36 bits per heavy atom. The van der Waals surface area contributed by atoms with Gasteiger partial charge in [0.05, 0.1) is 6.10 Å². The van der Waals surface area contributed by atoms with Crippen LogP contribution in [-0.4, -0.2) is 33.5 Å². The molecule has 0 spiro atoms. The number of carbonyl (C=O) groups is 1. The standard InChI is InChI=1S/C23H41NO3Si/c1-18(2)14-22(27-17-26-12-13-28(7,8)9)21(6)16-20(5)10-11-24-23(25)15-19(3)4/h10-11,15-16,21-22H,1,12-14,17H2,2-9H3,(H,24,25)/t21-,22-/m1/s1. The Kier molecular flexibility index (Phi) is 13.0. The predicted molar refractivity (Wildman–Crippen MR) is 123 cm³/mol. The van der Waals surface area contributed by atoms with Gasteiger partial charge in [0.15, 0.2) is 0 Å². The molecule has 0 fully saturated rings. The van der Waals surface area contributed by atoms with Crippen molar-refractivity contribution in [3.63, 3.8) is 0 Å². The molecule has 1 amide bonds. The first-order valence-corrected chi connectivity index (χ1v) is 13.8. The Bertz CT molecular complexity index is 581. The van der Waals surface area contributed by atoms with Crippen LogP contribution in [0.3, 0.4) is 0 Å². The average molecular weight is 408 g/mol. The van der Waals surface area contributed by atoms with E-state index in [-0.39, 0.29) is 17.9 Å². The smallest absolute Gasteiger partial charge is 0.247 e. The van der Waals surface area contributed by atoms with E-state index in [1.165, 1.54) is 0 Å². The van der Waals surface area contributed by atoms with Gasteiger partial charge in [0, 0.05) is 32.9 Å². The van der Waals surface area contributed by atoms with Gasteiger partial charge in [-0.05, 0) is 46.2 Å². The minimum absolute atomic E-state index is 0.0213. The van der Waals surface area contributed by atoms with Gasteiger partial charge in [-0.3, -0.25) is 4.79 Å². The molecule has 0 aliphatic rings. The molecule has 160 valence electrons. The van der Waals surface area contributed by atoms with Crippen LogP contribution in [0.4, 0.5) is 0 Å². The first-order valence-electron chi connectivity index (χ1n) is 10.0. The van der Waals surface area contributed by atoms with E-state index in [4.69, 9.17) is 9.47 Å². The molecule has 0 radical (unpaired) electrons. The van der Waals surface area contributed by atoms with E-state index in [1.807, 2.05) is 33.8 Å². The molecule has 0 saturated carbocycles. The van der Waals surface area contributed by atoms with Crippen LogP contribution in [0, 0.1) is 5.92 Å². The Balaban J connectivity index is 4.66. The summed E-state index contributed by atoms with van der Waals surface area (Å²) in [4.78, 5) is 11.6. The van der Waals surface area contributed by atoms with Crippen molar-refractivity contribution < 1.29 is 14.3 Å². The summed E-state index contributed by atoms with van der Waals surface area (Å²) in [6.45, 7) is 22.1. The highest BCUT2D eigenvalue weighted by atomic mass is 28.3. The second kappa shape index (κ2) is 13.7. The molecule has 2 atom stereocenters. The minimum Gasteiger partial charge on any atom is -0.356 e. The van der Waals surface area contributed by atoms with Crippen molar-refractivity contribution in [3.05, 3.63) is 47.7 Å². The first kappa shape index (κ1) is 26.6. The molecule has 0 heterocycles. The Morgan fingerprint density at radius 1 is 1.18 bits per heavy atom. The maximum atomic E-state index is 11.6. The Morgan fingerprint density at radius 2 is 1.82 bits per heavy atom. The van der Waals surface area contributed by atoms with Crippen molar-refractivity contribution in [3.8, 4) is 0 Å². The zero-order valence-corrected chi connectivity index (χ0v) is 20.2. The van der Waals surface area contributed by atoms with Crippen molar-refractivity contribution in [1.29, 1.82) is 0 Å². The van der Waals surface area contributed by atoms with E-state index >= 15 is 0 Å². The van der Waals surface area contributed by atoms with Gasteiger partial charge in [0.25, 0.3) is 0 Å². The van der Waals surface area contributed by atoms with Crippen molar-refractivity contribution in [1.82, 2.24) is 5.32 Å². The fourth-order valence-corrected chi connectivity index (χ4v) is 3.21. The monoisotopic (exact) mass is 407 g/mol. The van der Waals surface area contributed by atoms with Crippen LogP contribution in [0.15, 0.2) is 47.7 Å². The first-order chi connectivity index (χ1) is 12.9. The second-order valence-corrected chi connectivity index (χ2v) is 14.7. The van der Waals surface area contributed by atoms with E-state index in [0.29, 0.717) is 6.79 Å². The molecular formula is C23H41NO3Si. The molecule has 0 unspecified atom stereocenters. The van der Waals surface area contributed by atoms with E-state index in [1.54, 1.807) is 12.3 Å². The molecule has 0 rings (SSSR count). The molecule has 4 nitrogen and oxygen atoms in total. The van der Waals surface area contributed by atoms with Crippen LogP contribution < -0.4 is 5.32 Å². The van der Waals surface area contributed by atoms with Gasteiger partial charge in [0.1, 0.15) is 6.79 Å². The lowest BCUT2D eigenvalue weighted by atomic mass is 9.96. The topological polar surface area (TPSA) is 47.6 Å². The molecular weight excluding hydrogens is 366 g/mol. The third kappa shape index (κ3) is 15.6. The highest BCUT2D eigenvalue weighted by Crippen LogP contribution is 2.19.